The minimum atomic E-state index is -1.32. The Labute approximate surface area is 213 Å². The van der Waals surface area contributed by atoms with Gasteiger partial charge < -0.3 is 15.0 Å². The molecule has 0 aliphatic carbocycles. The van der Waals surface area contributed by atoms with Gasteiger partial charge in [-0.05, 0) is 48.9 Å². The maximum Gasteiger partial charge on any atom is 0.238 e. The van der Waals surface area contributed by atoms with Crippen molar-refractivity contribution < 1.29 is 19.1 Å². The Hall–Kier alpha value is -3.90. The van der Waals surface area contributed by atoms with Gasteiger partial charge in [0, 0.05) is 22.5 Å². The molecule has 3 aromatic rings. The average Bonchev–Trinajstić information content (AvgIpc) is 3.36. The van der Waals surface area contributed by atoms with E-state index in [1.165, 1.54) is 6.92 Å². The predicted molar refractivity (Wildman–Crippen MR) is 139 cm³/mol. The van der Waals surface area contributed by atoms with Gasteiger partial charge in [-0.2, -0.15) is 0 Å². The minimum absolute atomic E-state index is 0.198. The fourth-order valence-corrected chi connectivity index (χ4v) is 6.49. The second kappa shape index (κ2) is 8.07. The molecule has 1 amide bonds. The highest BCUT2D eigenvalue weighted by Gasteiger charge is 2.69. The Morgan fingerprint density at radius 3 is 2.56 bits per heavy atom. The SMILES string of the molecule is COc1ccc2c(c1)C=C[C@@H]1N2[C@H](C(C)=O)[C@@H](C(=O)c2ccccc2Cl)[C@@]12C(=O)Nc1ccccc12. The molecule has 1 fully saturated rings. The van der Waals surface area contributed by atoms with E-state index in [1.54, 1.807) is 31.4 Å². The number of rotatable bonds is 4. The van der Waals surface area contributed by atoms with Gasteiger partial charge in [0.15, 0.2) is 11.6 Å². The number of nitrogens with zero attached hydrogens (tertiary/aromatic N) is 1. The number of nitrogens with one attached hydrogen (secondary N) is 1. The van der Waals surface area contributed by atoms with Crippen LogP contribution in [0.1, 0.15) is 28.4 Å². The van der Waals surface area contributed by atoms with Crippen molar-refractivity contribution in [1.29, 1.82) is 0 Å². The molecule has 4 atom stereocenters. The lowest BCUT2D eigenvalue weighted by Crippen LogP contribution is -2.51. The van der Waals surface area contributed by atoms with Crippen LogP contribution >= 0.6 is 11.6 Å². The fourth-order valence-electron chi connectivity index (χ4n) is 6.27. The molecule has 7 heteroatoms. The molecular formula is C29H23ClN2O4. The third-order valence-electron chi connectivity index (χ3n) is 7.68. The van der Waals surface area contributed by atoms with E-state index in [-0.39, 0.29) is 22.5 Å². The van der Waals surface area contributed by atoms with E-state index in [1.807, 2.05) is 59.5 Å². The summed E-state index contributed by atoms with van der Waals surface area (Å²) in [7, 11) is 1.60. The highest BCUT2D eigenvalue weighted by molar-refractivity contribution is 6.34. The van der Waals surface area contributed by atoms with E-state index >= 15 is 0 Å². The third-order valence-corrected chi connectivity index (χ3v) is 8.01. The van der Waals surface area contributed by atoms with Crippen LogP contribution in [0.15, 0.2) is 72.8 Å². The monoisotopic (exact) mass is 498 g/mol. The van der Waals surface area contributed by atoms with E-state index in [0.29, 0.717) is 22.6 Å². The van der Waals surface area contributed by atoms with Crippen LogP contribution in [-0.4, -0.2) is 36.7 Å². The topological polar surface area (TPSA) is 75.7 Å². The van der Waals surface area contributed by atoms with Gasteiger partial charge in [-0.1, -0.05) is 54.1 Å². The number of ether oxygens (including phenoxy) is 1. The molecule has 3 heterocycles. The maximum absolute atomic E-state index is 14.4. The molecule has 1 N–H and O–H groups in total. The molecule has 1 spiro atoms. The van der Waals surface area contributed by atoms with Crippen LogP contribution in [0.4, 0.5) is 11.4 Å². The summed E-state index contributed by atoms with van der Waals surface area (Å²) in [4.78, 5) is 43.8. The molecule has 3 aliphatic heterocycles. The summed E-state index contributed by atoms with van der Waals surface area (Å²) in [6.07, 6.45) is 3.87. The van der Waals surface area contributed by atoms with Crippen LogP contribution in [0.2, 0.25) is 5.02 Å². The Morgan fingerprint density at radius 2 is 1.81 bits per heavy atom. The second-order valence-electron chi connectivity index (χ2n) is 9.38. The number of carbonyl (C=O) groups excluding carboxylic acids is 3. The molecule has 36 heavy (non-hydrogen) atoms. The van der Waals surface area contributed by atoms with Crippen molar-refractivity contribution in [1.82, 2.24) is 0 Å². The predicted octanol–water partition coefficient (Wildman–Crippen LogP) is 4.91. The van der Waals surface area contributed by atoms with Gasteiger partial charge in [0.05, 0.1) is 30.1 Å². The summed E-state index contributed by atoms with van der Waals surface area (Å²) < 4.78 is 5.40. The van der Waals surface area contributed by atoms with Crippen molar-refractivity contribution in [2.45, 2.75) is 24.4 Å². The highest BCUT2D eigenvalue weighted by Crippen LogP contribution is 2.58. The van der Waals surface area contributed by atoms with Gasteiger partial charge in [0.2, 0.25) is 5.91 Å². The summed E-state index contributed by atoms with van der Waals surface area (Å²) in [6.45, 7) is 1.48. The normalized spacial score (nSPS) is 25.2. The Balaban J connectivity index is 1.66. The van der Waals surface area contributed by atoms with Crippen molar-refractivity contribution in [3.8, 4) is 5.75 Å². The minimum Gasteiger partial charge on any atom is -0.497 e. The van der Waals surface area contributed by atoms with E-state index in [4.69, 9.17) is 16.3 Å². The van der Waals surface area contributed by atoms with Crippen LogP contribution in [0.3, 0.4) is 0 Å². The standard InChI is InChI=1S/C29H23ClN2O4/c1-16(33)26-25(27(34)19-7-3-5-9-21(19)30)29(20-8-4-6-10-22(20)31-28(29)35)24-14-11-17-15-18(36-2)12-13-23(17)32(24)26/h3-15,24-26H,1-2H3,(H,31,35)/t24-,25-,26+,29-/m0/s1. The molecule has 3 aromatic carbocycles. The lowest BCUT2D eigenvalue weighted by Gasteiger charge is -2.37. The van der Waals surface area contributed by atoms with Crippen LogP contribution in [0, 0.1) is 5.92 Å². The number of amides is 1. The largest absolute Gasteiger partial charge is 0.497 e. The fraction of sp³-hybridized carbons (Fsp3) is 0.207. The Kier molecular flexibility index (Phi) is 5.05. The summed E-state index contributed by atoms with van der Waals surface area (Å²) in [5.41, 5.74) is 1.96. The molecule has 6 nitrogen and oxygen atoms in total. The van der Waals surface area contributed by atoms with Crippen molar-refractivity contribution >= 4 is 46.5 Å². The number of halogens is 1. The Morgan fingerprint density at radius 1 is 1.06 bits per heavy atom. The number of fused-ring (bicyclic) bond motifs is 6. The zero-order valence-corrected chi connectivity index (χ0v) is 20.5. The third kappa shape index (κ3) is 2.88. The second-order valence-corrected chi connectivity index (χ2v) is 9.79. The first-order chi connectivity index (χ1) is 17.4. The van der Waals surface area contributed by atoms with Crippen LogP contribution in [-0.2, 0) is 15.0 Å². The number of anilines is 2. The van der Waals surface area contributed by atoms with Gasteiger partial charge in [-0.25, -0.2) is 0 Å². The van der Waals surface area contributed by atoms with Crippen molar-refractivity contribution in [3.63, 3.8) is 0 Å². The van der Waals surface area contributed by atoms with Crippen molar-refractivity contribution in [3.05, 3.63) is 94.5 Å². The van der Waals surface area contributed by atoms with Crippen LogP contribution < -0.4 is 15.0 Å². The first kappa shape index (κ1) is 22.6. The Bertz CT molecular complexity index is 1480. The number of hydrogen-bond acceptors (Lipinski definition) is 5. The van der Waals surface area contributed by atoms with Crippen molar-refractivity contribution in [2.75, 3.05) is 17.3 Å². The van der Waals surface area contributed by atoms with Crippen LogP contribution in [0.5, 0.6) is 5.75 Å². The molecule has 0 unspecified atom stereocenters. The van der Waals surface area contributed by atoms with Gasteiger partial charge in [-0.15, -0.1) is 0 Å². The molecule has 1 saturated heterocycles. The number of carbonyl (C=O) groups is 3. The van der Waals surface area contributed by atoms with Gasteiger partial charge in [0.1, 0.15) is 11.2 Å². The average molecular weight is 499 g/mol. The molecule has 0 saturated carbocycles. The van der Waals surface area contributed by atoms with Crippen LogP contribution in [0.25, 0.3) is 6.08 Å². The van der Waals surface area contributed by atoms with E-state index < -0.39 is 23.4 Å². The number of ketones is 2. The molecular weight excluding hydrogens is 476 g/mol. The molecule has 0 radical (unpaired) electrons. The number of benzene rings is 3. The number of hydrogen-bond donors (Lipinski definition) is 1. The summed E-state index contributed by atoms with van der Waals surface area (Å²) in [5.74, 6) is -1.14. The summed E-state index contributed by atoms with van der Waals surface area (Å²) in [5, 5.41) is 3.29. The van der Waals surface area contributed by atoms with Gasteiger partial charge in [-0.3, -0.25) is 14.4 Å². The molecule has 6 rings (SSSR count). The first-order valence-corrected chi connectivity index (χ1v) is 12.1. The zero-order chi connectivity index (χ0) is 25.2. The molecule has 180 valence electrons. The highest BCUT2D eigenvalue weighted by atomic mass is 35.5. The number of para-hydroxylation sites is 1. The van der Waals surface area contributed by atoms with Gasteiger partial charge in [0.25, 0.3) is 0 Å². The number of Topliss-reactive ketones (excluding diaryl/α,β-unsaturated/α-hetero) is 2. The van der Waals surface area contributed by atoms with Crippen molar-refractivity contribution in [2.24, 2.45) is 5.92 Å². The molecule has 0 aromatic heterocycles. The van der Waals surface area contributed by atoms with E-state index in [0.717, 1.165) is 11.3 Å². The molecule has 0 bridgehead atoms. The first-order valence-electron chi connectivity index (χ1n) is 11.7. The maximum atomic E-state index is 14.4. The summed E-state index contributed by atoms with van der Waals surface area (Å²) >= 11 is 6.48. The zero-order valence-electron chi connectivity index (χ0n) is 19.7. The van der Waals surface area contributed by atoms with Gasteiger partial charge >= 0.3 is 0 Å². The lowest BCUT2D eigenvalue weighted by molar-refractivity contribution is -0.122. The lowest BCUT2D eigenvalue weighted by atomic mass is 9.64. The smallest absolute Gasteiger partial charge is 0.238 e. The van der Waals surface area contributed by atoms with E-state index in [2.05, 4.69) is 5.32 Å². The number of methoxy groups -OCH3 is 1. The molecule has 3 aliphatic rings. The van der Waals surface area contributed by atoms with E-state index in [9.17, 15) is 14.4 Å². The summed E-state index contributed by atoms with van der Waals surface area (Å²) in [6, 6.07) is 18.3. The quantitative estimate of drug-likeness (QED) is 0.517.